The van der Waals surface area contributed by atoms with E-state index >= 15 is 0 Å². The predicted octanol–water partition coefficient (Wildman–Crippen LogP) is 19.6. The van der Waals surface area contributed by atoms with Crippen molar-refractivity contribution in [2.45, 2.75) is 158 Å². The molecular weight excluding hydrogens is 897 g/mol. The van der Waals surface area contributed by atoms with Crippen LogP contribution in [0.5, 0.6) is 0 Å². The summed E-state index contributed by atoms with van der Waals surface area (Å²) < 4.78 is 0. The molecule has 0 aliphatic carbocycles. The van der Waals surface area contributed by atoms with Gasteiger partial charge in [0.15, 0.2) is 0 Å². The minimum absolute atomic E-state index is 1.11. The zero-order valence-electron chi connectivity index (χ0n) is 47.8. The fourth-order valence-corrected chi connectivity index (χ4v) is 9.63. The van der Waals surface area contributed by atoms with Crippen molar-refractivity contribution < 1.29 is 0 Å². The largest absolute Gasteiger partial charge is 0.372 e. The van der Waals surface area contributed by atoms with Gasteiger partial charge in [0.05, 0.1) is 0 Å². The van der Waals surface area contributed by atoms with Gasteiger partial charge in [0, 0.05) is 75.1 Å². The molecule has 0 saturated heterocycles. The molecule has 0 atom stereocenters. The third-order valence-corrected chi connectivity index (χ3v) is 14.5. The Balaban J connectivity index is 1.43. The highest BCUT2D eigenvalue weighted by Gasteiger charge is 2.14. The molecule has 0 heterocycles. The Bertz CT molecular complexity index is 2040. The Hall–Kier alpha value is -5.74. The fourth-order valence-electron chi connectivity index (χ4n) is 9.63. The maximum Gasteiger partial charge on any atom is 0.0366 e. The normalized spacial score (nSPS) is 11.4. The van der Waals surface area contributed by atoms with Gasteiger partial charge in [-0.25, -0.2) is 0 Å². The number of nitrogens with zero attached hydrogens (tertiary/aromatic N) is 4. The molecule has 0 fully saturated rings. The van der Waals surface area contributed by atoms with E-state index in [0.29, 0.717) is 0 Å². The summed E-state index contributed by atoms with van der Waals surface area (Å²) in [5.41, 5.74) is 15.1. The first-order valence-corrected chi connectivity index (χ1v) is 29.7. The van der Waals surface area contributed by atoms with Crippen LogP contribution >= 0.6 is 0 Å². The molecule has 0 aliphatic heterocycles. The third-order valence-electron chi connectivity index (χ3n) is 14.5. The van der Waals surface area contributed by atoms with Gasteiger partial charge in [0.2, 0.25) is 0 Å². The van der Waals surface area contributed by atoms with E-state index in [1.807, 2.05) is 0 Å². The number of hydrogen-bond acceptors (Lipinski definition) is 4. The molecule has 4 heteroatoms. The van der Waals surface area contributed by atoms with Gasteiger partial charge in [-0.2, -0.15) is 0 Å². The minimum atomic E-state index is 1.11. The van der Waals surface area contributed by atoms with Gasteiger partial charge in [-0.1, -0.05) is 216 Å². The van der Waals surface area contributed by atoms with E-state index in [9.17, 15) is 0 Å². The van der Waals surface area contributed by atoms with Crippen LogP contribution < -0.4 is 19.6 Å². The van der Waals surface area contributed by atoms with Gasteiger partial charge in [-0.15, -0.1) is 0 Å². The molecule has 0 unspecified atom stereocenters. The van der Waals surface area contributed by atoms with Crippen molar-refractivity contribution in [3.8, 4) is 0 Å². The average molecular weight is 996 g/mol. The molecule has 0 spiro atoms. The lowest BCUT2D eigenvalue weighted by molar-refractivity contribution is 0.678. The zero-order valence-corrected chi connectivity index (χ0v) is 47.8. The lowest BCUT2D eigenvalue weighted by atomic mass is 9.96. The Morgan fingerprint density at radius 3 is 0.635 bits per heavy atom. The molecular formula is C70H98N4. The van der Waals surface area contributed by atoms with Crippen LogP contribution in [0.2, 0.25) is 0 Å². The van der Waals surface area contributed by atoms with Crippen molar-refractivity contribution in [2.24, 2.45) is 0 Å². The zero-order chi connectivity index (χ0) is 52.6. The van der Waals surface area contributed by atoms with Crippen molar-refractivity contribution in [2.75, 3.05) is 72.0 Å². The highest BCUT2D eigenvalue weighted by molar-refractivity contribution is 5.84. The van der Waals surface area contributed by atoms with E-state index in [2.05, 4.69) is 233 Å². The van der Waals surface area contributed by atoms with Crippen LogP contribution in [0.3, 0.4) is 0 Å². The molecule has 5 aromatic carbocycles. The molecule has 0 radical (unpaired) electrons. The quantitative estimate of drug-likeness (QED) is 0.0371. The summed E-state index contributed by atoms with van der Waals surface area (Å²) >= 11 is 0. The lowest BCUT2D eigenvalue weighted by Gasteiger charge is -2.25. The molecule has 74 heavy (non-hydrogen) atoms. The number of unbranched alkanes of at least 4 members (excludes halogenated alkanes) is 8. The van der Waals surface area contributed by atoms with Crippen molar-refractivity contribution in [3.05, 3.63) is 179 Å². The van der Waals surface area contributed by atoms with Crippen LogP contribution in [0.1, 0.15) is 192 Å². The van der Waals surface area contributed by atoms with Gasteiger partial charge in [-0.3, -0.25) is 0 Å². The molecule has 0 N–H and O–H groups in total. The van der Waals surface area contributed by atoms with Crippen molar-refractivity contribution in [3.63, 3.8) is 0 Å². The molecule has 0 aliphatic rings. The van der Waals surface area contributed by atoms with Gasteiger partial charge in [-0.05, 0) is 144 Å². The van der Waals surface area contributed by atoms with Gasteiger partial charge in [0.25, 0.3) is 0 Å². The van der Waals surface area contributed by atoms with Crippen molar-refractivity contribution in [1.82, 2.24) is 0 Å². The molecule has 5 rings (SSSR count). The molecule has 0 amide bonds. The van der Waals surface area contributed by atoms with Gasteiger partial charge < -0.3 is 19.6 Å². The number of benzene rings is 5. The van der Waals surface area contributed by atoms with Crippen LogP contribution in [0.15, 0.2) is 146 Å². The second-order valence-electron chi connectivity index (χ2n) is 20.5. The summed E-state index contributed by atoms with van der Waals surface area (Å²) in [5, 5.41) is 0. The summed E-state index contributed by atoms with van der Waals surface area (Å²) in [6.07, 6.45) is 33.0. The van der Waals surface area contributed by atoms with Crippen LogP contribution in [-0.2, 0) is 0 Å². The average Bonchev–Trinajstić information content (AvgIpc) is 3.44. The maximum absolute atomic E-state index is 2.58. The lowest BCUT2D eigenvalue weighted by Crippen LogP contribution is -2.25. The highest BCUT2D eigenvalue weighted by atomic mass is 15.1. The second-order valence-corrected chi connectivity index (χ2v) is 20.5. The monoisotopic (exact) mass is 995 g/mol. The highest BCUT2D eigenvalue weighted by Crippen LogP contribution is 2.31. The summed E-state index contributed by atoms with van der Waals surface area (Å²) in [6, 6.07) is 46.4. The van der Waals surface area contributed by atoms with Crippen LogP contribution in [-0.4, -0.2) is 52.4 Å². The summed E-state index contributed by atoms with van der Waals surface area (Å²) in [4.78, 5) is 10.3. The SMILES string of the molecule is CCCCN(CCCC)c1ccc(C(=C/C=C/c2ccc(/C=C/C=C(c3ccc(N(CCCC)CCCC)cc3)c3ccc(N(CCCC)CCCC)cc3)cc2)c2ccc(N(CCCC)CCCC)cc2)cc1. The number of anilines is 4. The maximum atomic E-state index is 2.58. The first-order valence-electron chi connectivity index (χ1n) is 29.7. The number of rotatable bonds is 36. The molecule has 0 aromatic heterocycles. The Morgan fingerprint density at radius 1 is 0.270 bits per heavy atom. The first kappa shape index (κ1) is 59.1. The minimum Gasteiger partial charge on any atom is -0.372 e. The number of allylic oxidation sites excluding steroid dienone is 4. The molecule has 0 saturated carbocycles. The van der Waals surface area contributed by atoms with Crippen LogP contribution in [0.25, 0.3) is 23.3 Å². The van der Waals surface area contributed by atoms with E-state index in [0.717, 1.165) is 52.4 Å². The van der Waals surface area contributed by atoms with Crippen LogP contribution in [0, 0.1) is 0 Å². The Kier molecular flexibility index (Phi) is 27.7. The van der Waals surface area contributed by atoms with E-state index in [-0.39, 0.29) is 0 Å². The predicted molar refractivity (Wildman–Crippen MR) is 333 cm³/mol. The molecule has 5 aromatic rings. The Labute approximate surface area is 453 Å². The van der Waals surface area contributed by atoms with E-state index in [4.69, 9.17) is 0 Å². The molecule has 4 nitrogen and oxygen atoms in total. The second kappa shape index (κ2) is 34.7. The Morgan fingerprint density at radius 2 is 0.459 bits per heavy atom. The summed E-state index contributed by atoms with van der Waals surface area (Å²) in [5.74, 6) is 0. The number of hydrogen-bond donors (Lipinski definition) is 0. The third kappa shape index (κ3) is 19.5. The smallest absolute Gasteiger partial charge is 0.0366 e. The molecule has 398 valence electrons. The van der Waals surface area contributed by atoms with E-state index in [1.165, 1.54) is 170 Å². The standard InChI is InChI=1S/C70H98N4/c1-9-17-51-71(52-18-10-2)65-43-35-61(36-44-65)69(62-37-45-66(46-38-62)72(53-19-11-3)54-20-12-4)29-25-27-59-31-33-60(34-32-59)28-26-30-70(63-39-47-67(48-40-63)73(55-21-13-5)56-22-14-6)64-41-49-68(50-42-64)74(57-23-15-7)58-24-16-8/h25-50H,9-24,51-58H2,1-8H3/b27-25+,28-26+. The summed E-state index contributed by atoms with van der Waals surface area (Å²) in [7, 11) is 0. The van der Waals surface area contributed by atoms with Gasteiger partial charge >= 0.3 is 0 Å². The molecule has 0 bridgehead atoms. The first-order chi connectivity index (χ1) is 36.4. The fraction of sp³-hybridized carbons (Fsp3) is 0.457. The summed E-state index contributed by atoms with van der Waals surface area (Å²) in [6.45, 7) is 27.2. The topological polar surface area (TPSA) is 13.0 Å². The van der Waals surface area contributed by atoms with Crippen molar-refractivity contribution in [1.29, 1.82) is 0 Å². The van der Waals surface area contributed by atoms with Crippen LogP contribution in [0.4, 0.5) is 22.7 Å². The van der Waals surface area contributed by atoms with E-state index < -0.39 is 0 Å². The van der Waals surface area contributed by atoms with Crippen molar-refractivity contribution >= 4 is 46.0 Å². The van der Waals surface area contributed by atoms with E-state index in [1.54, 1.807) is 0 Å². The van der Waals surface area contributed by atoms with Gasteiger partial charge in [0.1, 0.15) is 0 Å².